The van der Waals surface area contributed by atoms with Gasteiger partial charge in [0.05, 0.1) is 11.0 Å². The number of rotatable bonds is 4. The fraction of sp³-hybridized carbons (Fsp3) is 0.286. The molecule has 0 radical (unpaired) electrons. The van der Waals surface area contributed by atoms with E-state index in [1.54, 1.807) is 0 Å². The van der Waals surface area contributed by atoms with E-state index < -0.39 is 0 Å². The number of aryl methyl sites for hydroxylation is 1. The Morgan fingerprint density at radius 3 is 2.69 bits per heavy atom. The minimum absolute atomic E-state index is 0.0617. The predicted octanol–water partition coefficient (Wildman–Crippen LogP) is 6.42. The Labute approximate surface area is 189 Å². The molecule has 0 fully saturated rings. The summed E-state index contributed by atoms with van der Waals surface area (Å²) in [4.78, 5) is 17.8. The number of fused-ring (bicyclic) bond motifs is 2. The molecule has 1 heterocycles. The second kappa shape index (κ2) is 7.94. The zero-order valence-corrected chi connectivity index (χ0v) is 18.9. The van der Waals surface area contributed by atoms with Crippen molar-refractivity contribution in [2.24, 2.45) is 7.05 Å². The van der Waals surface area contributed by atoms with Gasteiger partial charge in [0.15, 0.2) is 0 Å². The van der Waals surface area contributed by atoms with Crippen LogP contribution in [0.15, 0.2) is 72.8 Å². The van der Waals surface area contributed by atoms with Gasteiger partial charge in [0.25, 0.3) is 0 Å². The van der Waals surface area contributed by atoms with Crippen LogP contribution in [0.2, 0.25) is 0 Å². The monoisotopic (exact) mass is 423 g/mol. The molecule has 0 saturated carbocycles. The number of para-hydroxylation sites is 2. The molecule has 0 aliphatic heterocycles. The number of aromatic nitrogens is 2. The smallest absolute Gasteiger partial charge is 0.224 e. The molecular formula is C28H29N3O. The maximum atomic E-state index is 13.0. The van der Waals surface area contributed by atoms with E-state index in [-0.39, 0.29) is 17.2 Å². The molecule has 1 N–H and O–H groups in total. The topological polar surface area (TPSA) is 46.9 Å². The standard InChI is InChI=1S/C28H29N3O/c1-28(2)16-15-19(22-11-4-5-12-23(22)28)18-26(32)29-21-10-8-9-20(17-21)27-30-24-13-6-7-14-25(24)31(27)3/h4-14,17,19H,15-16,18H2,1-3H3,(H,29,32). The third-order valence-electron chi connectivity index (χ3n) is 6.87. The van der Waals surface area contributed by atoms with Crippen LogP contribution in [0, 0.1) is 0 Å². The highest BCUT2D eigenvalue weighted by Gasteiger charge is 2.33. The summed E-state index contributed by atoms with van der Waals surface area (Å²) in [5.41, 5.74) is 6.74. The second-order valence-corrected chi connectivity index (χ2v) is 9.52. The van der Waals surface area contributed by atoms with Gasteiger partial charge in [-0.15, -0.1) is 0 Å². The van der Waals surface area contributed by atoms with Gasteiger partial charge < -0.3 is 9.88 Å². The molecule has 32 heavy (non-hydrogen) atoms. The second-order valence-electron chi connectivity index (χ2n) is 9.52. The van der Waals surface area contributed by atoms with Gasteiger partial charge in [-0.2, -0.15) is 0 Å². The van der Waals surface area contributed by atoms with E-state index in [9.17, 15) is 4.79 Å². The Morgan fingerprint density at radius 1 is 1.06 bits per heavy atom. The molecule has 3 aromatic carbocycles. The van der Waals surface area contributed by atoms with Gasteiger partial charge in [0, 0.05) is 24.7 Å². The number of carbonyl (C=O) groups excluding carboxylic acids is 1. The number of nitrogens with one attached hydrogen (secondary N) is 1. The third kappa shape index (κ3) is 3.70. The van der Waals surface area contributed by atoms with Crippen molar-refractivity contribution in [3.8, 4) is 11.4 Å². The van der Waals surface area contributed by atoms with Crippen molar-refractivity contribution < 1.29 is 4.79 Å². The van der Waals surface area contributed by atoms with E-state index in [0.29, 0.717) is 6.42 Å². The number of hydrogen-bond donors (Lipinski definition) is 1. The molecule has 1 aliphatic carbocycles. The van der Waals surface area contributed by atoms with Gasteiger partial charge in [-0.3, -0.25) is 4.79 Å². The summed E-state index contributed by atoms with van der Waals surface area (Å²) in [6.45, 7) is 4.60. The Balaban J connectivity index is 1.35. The van der Waals surface area contributed by atoms with Crippen LogP contribution in [0.5, 0.6) is 0 Å². The lowest BCUT2D eigenvalue weighted by Crippen LogP contribution is -2.28. The SMILES string of the molecule is Cn1c(-c2cccc(NC(=O)CC3CCC(C)(C)c4ccccc43)c2)nc2ccccc21. The molecular weight excluding hydrogens is 394 g/mol. The van der Waals surface area contributed by atoms with Crippen LogP contribution in [0.25, 0.3) is 22.4 Å². The lowest BCUT2D eigenvalue weighted by Gasteiger charge is -2.37. The van der Waals surface area contributed by atoms with Crippen LogP contribution in [0.3, 0.4) is 0 Å². The molecule has 4 nitrogen and oxygen atoms in total. The van der Waals surface area contributed by atoms with Crippen molar-refractivity contribution >= 4 is 22.6 Å². The van der Waals surface area contributed by atoms with E-state index in [1.165, 1.54) is 11.1 Å². The minimum atomic E-state index is 0.0617. The summed E-state index contributed by atoms with van der Waals surface area (Å²) in [6, 6.07) is 24.7. The first kappa shape index (κ1) is 20.5. The van der Waals surface area contributed by atoms with Gasteiger partial charge in [0.2, 0.25) is 5.91 Å². The Bertz CT molecular complexity index is 1300. The molecule has 1 amide bonds. The molecule has 162 valence electrons. The van der Waals surface area contributed by atoms with Gasteiger partial charge >= 0.3 is 0 Å². The lowest BCUT2D eigenvalue weighted by atomic mass is 9.68. The van der Waals surface area contributed by atoms with Crippen molar-refractivity contribution in [1.29, 1.82) is 0 Å². The van der Waals surface area contributed by atoms with Crippen molar-refractivity contribution in [2.75, 3.05) is 5.32 Å². The van der Waals surface area contributed by atoms with E-state index >= 15 is 0 Å². The Kier molecular flexibility index (Phi) is 5.09. The van der Waals surface area contributed by atoms with E-state index in [0.717, 1.165) is 41.0 Å². The molecule has 1 unspecified atom stereocenters. The highest BCUT2D eigenvalue weighted by Crippen LogP contribution is 2.43. The zero-order valence-electron chi connectivity index (χ0n) is 18.9. The quantitative estimate of drug-likeness (QED) is 0.411. The highest BCUT2D eigenvalue weighted by molar-refractivity contribution is 5.92. The summed E-state index contributed by atoms with van der Waals surface area (Å²) in [7, 11) is 2.03. The number of benzene rings is 3. The van der Waals surface area contributed by atoms with E-state index in [1.807, 2.05) is 49.5 Å². The lowest BCUT2D eigenvalue weighted by molar-refractivity contribution is -0.116. The van der Waals surface area contributed by atoms with Crippen LogP contribution in [-0.4, -0.2) is 15.5 Å². The van der Waals surface area contributed by atoms with Crippen molar-refractivity contribution in [1.82, 2.24) is 9.55 Å². The first-order valence-corrected chi connectivity index (χ1v) is 11.3. The van der Waals surface area contributed by atoms with Crippen LogP contribution < -0.4 is 5.32 Å². The number of anilines is 1. The predicted molar refractivity (Wildman–Crippen MR) is 131 cm³/mol. The molecule has 1 aromatic heterocycles. The number of nitrogens with zero attached hydrogens (tertiary/aromatic N) is 2. The summed E-state index contributed by atoms with van der Waals surface area (Å²) >= 11 is 0. The van der Waals surface area contributed by atoms with Crippen molar-refractivity contribution in [2.45, 2.75) is 44.4 Å². The Morgan fingerprint density at radius 2 is 1.84 bits per heavy atom. The maximum absolute atomic E-state index is 13.0. The molecule has 0 saturated heterocycles. The summed E-state index contributed by atoms with van der Waals surface area (Å²) in [5, 5.41) is 3.13. The largest absolute Gasteiger partial charge is 0.327 e. The molecule has 0 spiro atoms. The molecule has 4 heteroatoms. The van der Waals surface area contributed by atoms with Crippen molar-refractivity contribution in [3.63, 3.8) is 0 Å². The van der Waals surface area contributed by atoms with Gasteiger partial charge in [-0.05, 0) is 59.6 Å². The third-order valence-corrected chi connectivity index (χ3v) is 6.87. The fourth-order valence-electron chi connectivity index (χ4n) is 5.08. The minimum Gasteiger partial charge on any atom is -0.327 e. The van der Waals surface area contributed by atoms with E-state index in [4.69, 9.17) is 4.98 Å². The highest BCUT2D eigenvalue weighted by atomic mass is 16.1. The maximum Gasteiger partial charge on any atom is 0.224 e. The fourth-order valence-corrected chi connectivity index (χ4v) is 5.08. The average molecular weight is 424 g/mol. The number of carbonyl (C=O) groups is 1. The normalized spacial score (nSPS) is 17.2. The van der Waals surface area contributed by atoms with Crippen LogP contribution in [-0.2, 0) is 17.3 Å². The molecule has 5 rings (SSSR count). The number of hydrogen-bond acceptors (Lipinski definition) is 2. The van der Waals surface area contributed by atoms with E-state index in [2.05, 4.69) is 54.1 Å². The summed E-state index contributed by atoms with van der Waals surface area (Å²) in [5.74, 6) is 1.22. The summed E-state index contributed by atoms with van der Waals surface area (Å²) < 4.78 is 2.09. The molecule has 4 aromatic rings. The van der Waals surface area contributed by atoms with Gasteiger partial charge in [0.1, 0.15) is 5.82 Å². The van der Waals surface area contributed by atoms with Crippen LogP contribution in [0.1, 0.15) is 50.2 Å². The Hall–Kier alpha value is -3.40. The molecule has 1 atom stereocenters. The van der Waals surface area contributed by atoms with Crippen molar-refractivity contribution in [3.05, 3.63) is 83.9 Å². The van der Waals surface area contributed by atoms with Gasteiger partial charge in [-0.25, -0.2) is 4.98 Å². The first-order chi connectivity index (χ1) is 15.4. The average Bonchev–Trinajstić information content (AvgIpc) is 3.13. The molecule has 0 bridgehead atoms. The zero-order chi connectivity index (χ0) is 22.3. The van der Waals surface area contributed by atoms with Crippen LogP contribution in [0.4, 0.5) is 5.69 Å². The van der Waals surface area contributed by atoms with Gasteiger partial charge in [-0.1, -0.05) is 62.4 Å². The number of amides is 1. The number of imidazole rings is 1. The summed E-state index contributed by atoms with van der Waals surface area (Å²) in [6.07, 6.45) is 2.64. The first-order valence-electron chi connectivity index (χ1n) is 11.3. The molecule has 1 aliphatic rings. The van der Waals surface area contributed by atoms with Crippen LogP contribution >= 0.6 is 0 Å².